The number of para-hydroxylation sites is 1. The summed E-state index contributed by atoms with van der Waals surface area (Å²) in [6, 6.07) is 8.36. The molecule has 2 rings (SSSR count). The minimum Gasteiger partial charge on any atom is -0.496 e. The van der Waals surface area contributed by atoms with Gasteiger partial charge in [0.15, 0.2) is 0 Å². The van der Waals surface area contributed by atoms with Crippen LogP contribution < -0.4 is 10.1 Å². The lowest BCUT2D eigenvalue weighted by atomic mass is 9.83. The number of rotatable bonds is 3. The zero-order valence-electron chi connectivity index (χ0n) is 10.2. The van der Waals surface area contributed by atoms with Crippen molar-refractivity contribution in [3.05, 3.63) is 29.8 Å². The van der Waals surface area contributed by atoms with Gasteiger partial charge in [0.2, 0.25) is 0 Å². The van der Waals surface area contributed by atoms with Crippen LogP contribution in [0.4, 0.5) is 0 Å². The first-order valence-corrected chi connectivity index (χ1v) is 6.14. The van der Waals surface area contributed by atoms with Crippen molar-refractivity contribution >= 4 is 0 Å². The highest BCUT2D eigenvalue weighted by Gasteiger charge is 2.22. The van der Waals surface area contributed by atoms with Gasteiger partial charge in [-0.25, -0.2) is 0 Å². The fraction of sp³-hybridized carbons (Fsp3) is 0.571. The van der Waals surface area contributed by atoms with Crippen molar-refractivity contribution in [2.45, 2.75) is 19.8 Å². The molecule has 1 aromatic rings. The smallest absolute Gasteiger partial charge is 0.122 e. The van der Waals surface area contributed by atoms with Crippen molar-refractivity contribution in [1.29, 1.82) is 0 Å². The van der Waals surface area contributed by atoms with Crippen molar-refractivity contribution in [2.75, 3.05) is 20.2 Å². The lowest BCUT2D eigenvalue weighted by Crippen LogP contribution is -2.36. The van der Waals surface area contributed by atoms with Crippen LogP contribution in [0.2, 0.25) is 0 Å². The maximum absolute atomic E-state index is 5.40. The van der Waals surface area contributed by atoms with Crippen LogP contribution in [0.5, 0.6) is 5.75 Å². The Morgan fingerprint density at radius 1 is 1.38 bits per heavy atom. The highest BCUT2D eigenvalue weighted by Crippen LogP contribution is 2.26. The molecule has 2 unspecified atom stereocenters. The summed E-state index contributed by atoms with van der Waals surface area (Å²) in [5, 5.41) is 3.48. The molecule has 88 valence electrons. The van der Waals surface area contributed by atoms with Crippen molar-refractivity contribution in [3.8, 4) is 5.75 Å². The largest absolute Gasteiger partial charge is 0.496 e. The fourth-order valence-electron chi connectivity index (χ4n) is 2.48. The monoisotopic (exact) mass is 219 g/mol. The van der Waals surface area contributed by atoms with E-state index in [4.69, 9.17) is 4.74 Å². The number of ether oxygens (including phenoxy) is 1. The minimum atomic E-state index is 0.741. The maximum atomic E-state index is 5.40. The van der Waals surface area contributed by atoms with E-state index >= 15 is 0 Å². The molecule has 2 atom stereocenters. The maximum Gasteiger partial charge on any atom is 0.122 e. The van der Waals surface area contributed by atoms with Gasteiger partial charge in [-0.1, -0.05) is 25.1 Å². The first-order chi connectivity index (χ1) is 7.81. The van der Waals surface area contributed by atoms with Gasteiger partial charge in [0, 0.05) is 0 Å². The Morgan fingerprint density at radius 2 is 2.19 bits per heavy atom. The van der Waals surface area contributed by atoms with Crippen LogP contribution in [0.1, 0.15) is 18.9 Å². The normalized spacial score (nSPS) is 25.4. The third-order valence-corrected chi connectivity index (χ3v) is 3.66. The number of hydrogen-bond donors (Lipinski definition) is 1. The van der Waals surface area contributed by atoms with Crippen molar-refractivity contribution in [1.82, 2.24) is 5.32 Å². The molecule has 0 radical (unpaired) electrons. The molecule has 2 nitrogen and oxygen atoms in total. The van der Waals surface area contributed by atoms with Gasteiger partial charge in [0.05, 0.1) is 7.11 Å². The molecule has 1 fully saturated rings. The number of piperidine rings is 1. The van der Waals surface area contributed by atoms with Gasteiger partial charge >= 0.3 is 0 Å². The molecule has 0 bridgehead atoms. The molecule has 0 aliphatic carbocycles. The molecule has 0 spiro atoms. The van der Waals surface area contributed by atoms with Crippen LogP contribution >= 0.6 is 0 Å². The molecule has 1 N–H and O–H groups in total. The van der Waals surface area contributed by atoms with E-state index in [0.717, 1.165) is 30.6 Å². The summed E-state index contributed by atoms with van der Waals surface area (Å²) >= 11 is 0. The second-order valence-electron chi connectivity index (χ2n) is 4.75. The highest BCUT2D eigenvalue weighted by molar-refractivity contribution is 5.33. The van der Waals surface area contributed by atoms with Crippen LogP contribution in [0.25, 0.3) is 0 Å². The van der Waals surface area contributed by atoms with E-state index < -0.39 is 0 Å². The van der Waals surface area contributed by atoms with Gasteiger partial charge in [-0.2, -0.15) is 0 Å². The van der Waals surface area contributed by atoms with E-state index in [1.54, 1.807) is 7.11 Å². The standard InChI is InChI=1S/C14H21NO/c1-11-7-8-15-10-13(11)9-12-5-3-4-6-14(12)16-2/h3-6,11,13,15H,7-10H2,1-2H3. The predicted octanol–water partition coefficient (Wildman–Crippen LogP) is 2.48. The number of hydrogen-bond acceptors (Lipinski definition) is 2. The van der Waals surface area contributed by atoms with E-state index in [1.165, 1.54) is 18.5 Å². The third kappa shape index (κ3) is 2.56. The number of methoxy groups -OCH3 is 1. The number of nitrogens with one attached hydrogen (secondary N) is 1. The Bertz CT molecular complexity index is 337. The van der Waals surface area contributed by atoms with E-state index in [0.29, 0.717) is 0 Å². The summed E-state index contributed by atoms with van der Waals surface area (Å²) in [5.74, 6) is 2.58. The second kappa shape index (κ2) is 5.35. The molecule has 0 amide bonds. The SMILES string of the molecule is COc1ccccc1CC1CNCCC1C. The molecule has 1 aromatic carbocycles. The van der Waals surface area contributed by atoms with Gasteiger partial charge in [-0.15, -0.1) is 0 Å². The molecular weight excluding hydrogens is 198 g/mol. The summed E-state index contributed by atoms with van der Waals surface area (Å²) in [5.41, 5.74) is 1.34. The van der Waals surface area contributed by atoms with E-state index in [-0.39, 0.29) is 0 Å². The van der Waals surface area contributed by atoms with Crippen LogP contribution in [0.15, 0.2) is 24.3 Å². The van der Waals surface area contributed by atoms with Gasteiger partial charge in [-0.3, -0.25) is 0 Å². The molecule has 1 heterocycles. The van der Waals surface area contributed by atoms with E-state index in [2.05, 4.69) is 30.4 Å². The van der Waals surface area contributed by atoms with Crippen LogP contribution in [-0.4, -0.2) is 20.2 Å². The molecule has 16 heavy (non-hydrogen) atoms. The summed E-state index contributed by atoms with van der Waals surface area (Å²) in [7, 11) is 1.75. The van der Waals surface area contributed by atoms with Crippen LogP contribution in [0, 0.1) is 11.8 Å². The third-order valence-electron chi connectivity index (χ3n) is 3.66. The fourth-order valence-corrected chi connectivity index (χ4v) is 2.48. The van der Waals surface area contributed by atoms with Crippen molar-refractivity contribution in [3.63, 3.8) is 0 Å². The lowest BCUT2D eigenvalue weighted by Gasteiger charge is -2.30. The first kappa shape index (κ1) is 11.5. The Hall–Kier alpha value is -1.02. The van der Waals surface area contributed by atoms with Crippen molar-refractivity contribution in [2.24, 2.45) is 11.8 Å². The molecule has 1 saturated heterocycles. The molecule has 1 aliphatic heterocycles. The average Bonchev–Trinajstić information content (AvgIpc) is 2.33. The highest BCUT2D eigenvalue weighted by atomic mass is 16.5. The van der Waals surface area contributed by atoms with E-state index in [1.807, 2.05) is 6.07 Å². The van der Waals surface area contributed by atoms with Gasteiger partial charge in [0.25, 0.3) is 0 Å². The zero-order valence-corrected chi connectivity index (χ0v) is 10.2. The van der Waals surface area contributed by atoms with E-state index in [9.17, 15) is 0 Å². The quantitative estimate of drug-likeness (QED) is 0.843. The molecule has 0 aromatic heterocycles. The van der Waals surface area contributed by atoms with Crippen molar-refractivity contribution < 1.29 is 4.74 Å². The molecular formula is C14H21NO. The molecule has 0 saturated carbocycles. The summed E-state index contributed by atoms with van der Waals surface area (Å²) < 4.78 is 5.40. The number of benzene rings is 1. The predicted molar refractivity (Wildman–Crippen MR) is 66.8 cm³/mol. The Balaban J connectivity index is 2.07. The Labute approximate surface area is 98.0 Å². The summed E-state index contributed by atoms with van der Waals surface area (Å²) in [4.78, 5) is 0. The lowest BCUT2D eigenvalue weighted by molar-refractivity contribution is 0.270. The van der Waals surface area contributed by atoms with Gasteiger partial charge in [-0.05, 0) is 49.4 Å². The molecule has 1 aliphatic rings. The van der Waals surface area contributed by atoms with Crippen LogP contribution in [0.3, 0.4) is 0 Å². The second-order valence-corrected chi connectivity index (χ2v) is 4.75. The Morgan fingerprint density at radius 3 is 2.94 bits per heavy atom. The summed E-state index contributed by atoms with van der Waals surface area (Å²) in [6.07, 6.45) is 2.41. The summed E-state index contributed by atoms with van der Waals surface area (Å²) in [6.45, 7) is 4.67. The Kier molecular flexibility index (Phi) is 3.83. The van der Waals surface area contributed by atoms with Gasteiger partial charge < -0.3 is 10.1 Å². The first-order valence-electron chi connectivity index (χ1n) is 6.14. The zero-order chi connectivity index (χ0) is 11.4. The minimum absolute atomic E-state index is 0.741. The van der Waals surface area contributed by atoms with Crippen LogP contribution in [-0.2, 0) is 6.42 Å². The topological polar surface area (TPSA) is 21.3 Å². The molecule has 2 heteroatoms. The van der Waals surface area contributed by atoms with Gasteiger partial charge in [0.1, 0.15) is 5.75 Å². The average molecular weight is 219 g/mol.